The summed E-state index contributed by atoms with van der Waals surface area (Å²) in [5, 5.41) is 13.3. The average molecular weight is 337 g/mol. The van der Waals surface area contributed by atoms with Crippen LogP contribution in [0.3, 0.4) is 0 Å². The van der Waals surface area contributed by atoms with Crippen LogP contribution in [0.5, 0.6) is 5.75 Å². The third-order valence-corrected chi connectivity index (χ3v) is 4.54. The van der Waals surface area contributed by atoms with Crippen molar-refractivity contribution < 1.29 is 9.90 Å². The van der Waals surface area contributed by atoms with E-state index in [1.165, 1.54) is 29.5 Å². The fourth-order valence-corrected chi connectivity index (χ4v) is 3.38. The minimum atomic E-state index is -0.448. The molecule has 0 saturated carbocycles. The van der Waals surface area contributed by atoms with Crippen molar-refractivity contribution in [1.82, 2.24) is 9.97 Å². The van der Waals surface area contributed by atoms with Gasteiger partial charge in [-0.2, -0.15) is 0 Å². The maximum atomic E-state index is 12.6. The smallest absolute Gasteiger partial charge is 0.258 e. The number of phenolic OH excluding ortho intramolecular Hbond substituents is 1. The van der Waals surface area contributed by atoms with Gasteiger partial charge >= 0.3 is 0 Å². The summed E-state index contributed by atoms with van der Waals surface area (Å²) >= 11 is 1.35. The van der Waals surface area contributed by atoms with E-state index in [-0.39, 0.29) is 16.9 Å². The number of thiazole rings is 1. The molecule has 0 fully saturated rings. The first-order valence-electron chi connectivity index (χ1n) is 7.13. The number of aromatic nitrogens is 2. The van der Waals surface area contributed by atoms with Crippen molar-refractivity contribution >= 4 is 43.5 Å². The second kappa shape index (κ2) is 5.47. The molecule has 0 aliphatic heterocycles. The Hall–Kier alpha value is -3.19. The number of benzene rings is 2. The second-order valence-corrected chi connectivity index (χ2v) is 6.25. The number of fused-ring (bicyclic) bond motifs is 2. The quantitative estimate of drug-likeness (QED) is 0.524. The van der Waals surface area contributed by atoms with Gasteiger partial charge in [-0.05, 0) is 30.3 Å². The fraction of sp³-hybridized carbons (Fsp3) is 0. The lowest BCUT2D eigenvalue weighted by Crippen LogP contribution is -2.16. The minimum Gasteiger partial charge on any atom is -0.508 e. The Bertz CT molecular complexity index is 1110. The van der Waals surface area contributed by atoms with Crippen molar-refractivity contribution in [2.24, 2.45) is 0 Å². The van der Waals surface area contributed by atoms with Crippen LogP contribution in [0.4, 0.5) is 5.13 Å². The Balaban J connectivity index is 1.77. The number of hydrogen-bond donors (Lipinski definition) is 3. The number of hydrogen-bond acceptors (Lipinski definition) is 5. The largest absolute Gasteiger partial charge is 0.508 e. The molecule has 3 N–H and O–H groups in total. The van der Waals surface area contributed by atoms with Crippen molar-refractivity contribution in [2.75, 3.05) is 5.32 Å². The molecule has 118 valence electrons. The molecule has 2 aromatic carbocycles. The predicted octanol–water partition coefficient (Wildman–Crippen LogP) is 3.10. The van der Waals surface area contributed by atoms with Crippen molar-refractivity contribution in [1.29, 1.82) is 0 Å². The van der Waals surface area contributed by atoms with E-state index in [1.54, 1.807) is 6.07 Å². The Kier molecular flexibility index (Phi) is 3.28. The molecular formula is C17H11N3O3S. The number of para-hydroxylation sites is 1. The summed E-state index contributed by atoms with van der Waals surface area (Å²) in [6.45, 7) is 0. The third-order valence-electron chi connectivity index (χ3n) is 3.59. The molecule has 2 heterocycles. The molecule has 6 nitrogen and oxygen atoms in total. The van der Waals surface area contributed by atoms with Gasteiger partial charge in [0.05, 0.1) is 15.8 Å². The van der Waals surface area contributed by atoms with Gasteiger partial charge in [-0.1, -0.05) is 23.5 Å². The Morgan fingerprint density at radius 3 is 2.83 bits per heavy atom. The summed E-state index contributed by atoms with van der Waals surface area (Å²) in [6.07, 6.45) is 0. The van der Waals surface area contributed by atoms with E-state index in [4.69, 9.17) is 0 Å². The van der Waals surface area contributed by atoms with Gasteiger partial charge in [-0.25, -0.2) is 4.98 Å². The van der Waals surface area contributed by atoms with Gasteiger partial charge in [0.1, 0.15) is 5.75 Å². The number of anilines is 1. The van der Waals surface area contributed by atoms with E-state index in [1.807, 2.05) is 24.3 Å². The van der Waals surface area contributed by atoms with Crippen LogP contribution in [0.2, 0.25) is 0 Å². The fourth-order valence-electron chi connectivity index (χ4n) is 2.52. The van der Waals surface area contributed by atoms with Crippen LogP contribution in [0.1, 0.15) is 10.4 Å². The Morgan fingerprint density at radius 2 is 2.00 bits per heavy atom. The Labute approximate surface area is 139 Å². The number of carbonyl (C=O) groups excluding carboxylic acids is 1. The molecular weight excluding hydrogens is 326 g/mol. The molecule has 4 rings (SSSR count). The first-order chi connectivity index (χ1) is 11.6. The molecule has 7 heteroatoms. The van der Waals surface area contributed by atoms with Gasteiger partial charge in [-0.3, -0.25) is 14.9 Å². The normalized spacial score (nSPS) is 11.0. The van der Waals surface area contributed by atoms with Crippen LogP contribution in [-0.2, 0) is 0 Å². The number of phenols is 1. The summed E-state index contributed by atoms with van der Waals surface area (Å²) in [6, 6.07) is 13.2. The molecule has 2 aromatic heterocycles. The number of aromatic amines is 1. The number of nitrogens with zero attached hydrogens (tertiary/aromatic N) is 1. The molecule has 24 heavy (non-hydrogen) atoms. The van der Waals surface area contributed by atoms with Gasteiger partial charge in [0.15, 0.2) is 5.13 Å². The maximum absolute atomic E-state index is 12.6. The van der Waals surface area contributed by atoms with E-state index >= 15 is 0 Å². The average Bonchev–Trinajstić information content (AvgIpc) is 2.96. The zero-order chi connectivity index (χ0) is 16.7. The van der Waals surface area contributed by atoms with E-state index in [0.29, 0.717) is 16.0 Å². The molecule has 0 unspecified atom stereocenters. The summed E-state index contributed by atoms with van der Waals surface area (Å²) in [5.74, 6) is -0.431. The Morgan fingerprint density at radius 1 is 1.17 bits per heavy atom. The van der Waals surface area contributed by atoms with Gasteiger partial charge in [0.2, 0.25) is 5.56 Å². The van der Waals surface area contributed by atoms with E-state index in [2.05, 4.69) is 15.3 Å². The summed E-state index contributed by atoms with van der Waals surface area (Å²) in [5.41, 5.74) is 1.08. The summed E-state index contributed by atoms with van der Waals surface area (Å²) in [7, 11) is 0. The van der Waals surface area contributed by atoms with Crippen molar-refractivity contribution in [2.45, 2.75) is 0 Å². The lowest BCUT2D eigenvalue weighted by molar-refractivity contribution is 0.102. The molecule has 0 atom stereocenters. The molecule has 0 radical (unpaired) electrons. The van der Waals surface area contributed by atoms with Crippen LogP contribution < -0.4 is 10.9 Å². The summed E-state index contributed by atoms with van der Waals surface area (Å²) < 4.78 is 0.959. The number of amides is 1. The lowest BCUT2D eigenvalue weighted by Gasteiger charge is -2.06. The lowest BCUT2D eigenvalue weighted by atomic mass is 10.1. The maximum Gasteiger partial charge on any atom is 0.258 e. The zero-order valence-corrected chi connectivity index (χ0v) is 13.1. The SMILES string of the molecule is O=C(Nc1nc2ccccc2s1)c1cc(=O)[nH]c2ccc(O)cc12. The van der Waals surface area contributed by atoms with Crippen LogP contribution in [-0.4, -0.2) is 21.0 Å². The van der Waals surface area contributed by atoms with Gasteiger partial charge in [0.25, 0.3) is 5.91 Å². The molecule has 0 aliphatic rings. The van der Waals surface area contributed by atoms with Gasteiger partial charge in [-0.15, -0.1) is 0 Å². The topological polar surface area (TPSA) is 95.1 Å². The van der Waals surface area contributed by atoms with Crippen molar-refractivity contribution in [3.05, 3.63) is 64.4 Å². The van der Waals surface area contributed by atoms with E-state index < -0.39 is 5.91 Å². The van der Waals surface area contributed by atoms with Gasteiger partial charge in [0, 0.05) is 17.0 Å². The number of H-pyrrole nitrogens is 1. The van der Waals surface area contributed by atoms with Crippen molar-refractivity contribution in [3.63, 3.8) is 0 Å². The summed E-state index contributed by atoms with van der Waals surface area (Å²) in [4.78, 5) is 31.4. The standard InChI is InChI=1S/C17H11N3O3S/c21-9-5-6-12-10(7-9)11(8-15(22)18-12)16(23)20-17-19-13-3-1-2-4-14(13)24-17/h1-8,21H,(H,18,22)(H,19,20,23). The number of carbonyl (C=O) groups is 1. The third kappa shape index (κ3) is 2.50. The monoisotopic (exact) mass is 337 g/mol. The van der Waals surface area contributed by atoms with Gasteiger partial charge < -0.3 is 10.1 Å². The minimum absolute atomic E-state index is 0.0172. The predicted molar refractivity (Wildman–Crippen MR) is 93.8 cm³/mol. The second-order valence-electron chi connectivity index (χ2n) is 5.22. The van der Waals surface area contributed by atoms with E-state index in [9.17, 15) is 14.7 Å². The molecule has 4 aromatic rings. The first kappa shape index (κ1) is 14.4. The molecule has 0 aliphatic carbocycles. The molecule has 0 saturated heterocycles. The number of rotatable bonds is 2. The number of pyridine rings is 1. The highest BCUT2D eigenvalue weighted by Gasteiger charge is 2.14. The van der Waals surface area contributed by atoms with Crippen LogP contribution in [0.15, 0.2) is 53.3 Å². The number of nitrogens with one attached hydrogen (secondary N) is 2. The highest BCUT2D eigenvalue weighted by atomic mass is 32.1. The first-order valence-corrected chi connectivity index (χ1v) is 7.95. The van der Waals surface area contributed by atoms with Crippen molar-refractivity contribution in [3.8, 4) is 5.75 Å². The zero-order valence-electron chi connectivity index (χ0n) is 12.2. The highest BCUT2D eigenvalue weighted by molar-refractivity contribution is 7.22. The number of aromatic hydroxyl groups is 1. The van der Waals surface area contributed by atoms with E-state index in [0.717, 1.165) is 10.2 Å². The highest BCUT2D eigenvalue weighted by Crippen LogP contribution is 2.27. The van der Waals surface area contributed by atoms with Crippen LogP contribution in [0.25, 0.3) is 21.1 Å². The molecule has 0 bridgehead atoms. The van der Waals surface area contributed by atoms with Crippen LogP contribution >= 0.6 is 11.3 Å². The molecule has 0 spiro atoms. The molecule has 1 amide bonds. The van der Waals surface area contributed by atoms with Crippen LogP contribution in [0, 0.1) is 0 Å².